The highest BCUT2D eigenvalue weighted by molar-refractivity contribution is 7.07. The maximum absolute atomic E-state index is 11.9. The Bertz CT molecular complexity index is 400. The van der Waals surface area contributed by atoms with Gasteiger partial charge >= 0.3 is 0 Å². The summed E-state index contributed by atoms with van der Waals surface area (Å²) in [7, 11) is 0. The Morgan fingerprint density at radius 3 is 2.90 bits per heavy atom. The van der Waals surface area contributed by atoms with Crippen molar-refractivity contribution in [2.75, 3.05) is 6.54 Å². The highest BCUT2D eigenvalue weighted by Crippen LogP contribution is 2.25. The summed E-state index contributed by atoms with van der Waals surface area (Å²) in [5.41, 5.74) is 6.89. The van der Waals surface area contributed by atoms with Crippen LogP contribution in [0.2, 0.25) is 0 Å². The molecule has 1 aliphatic rings. The fourth-order valence-corrected chi connectivity index (χ4v) is 3.30. The average molecular weight is 319 g/mol. The first-order chi connectivity index (χ1) is 9.16. The standard InChI is InChI=1S/C14H22N2O2S.ClH/c15-12-4-2-1-3-10(12)7-14(18)16-8-13(17)11-5-6-19-9-11;/h5-6,9-10,12-13,17H,1-4,7-8,15H2,(H,16,18);1H. The minimum Gasteiger partial charge on any atom is -0.387 e. The number of nitrogens with two attached hydrogens (primary N) is 1. The maximum Gasteiger partial charge on any atom is 0.220 e. The molecule has 0 bridgehead atoms. The molecule has 1 saturated carbocycles. The average Bonchev–Trinajstić information content (AvgIpc) is 2.93. The molecule has 0 aromatic carbocycles. The van der Waals surface area contributed by atoms with Gasteiger partial charge in [-0.25, -0.2) is 0 Å². The van der Waals surface area contributed by atoms with E-state index in [0.717, 1.165) is 18.4 Å². The number of nitrogens with one attached hydrogen (secondary N) is 1. The molecule has 1 aliphatic carbocycles. The molecule has 1 aromatic rings. The van der Waals surface area contributed by atoms with Crippen LogP contribution in [0.15, 0.2) is 16.8 Å². The summed E-state index contributed by atoms with van der Waals surface area (Å²) in [6, 6.07) is 2.03. The number of aliphatic hydroxyl groups excluding tert-OH is 1. The van der Waals surface area contributed by atoms with Crippen LogP contribution in [0.1, 0.15) is 43.8 Å². The molecule has 0 aliphatic heterocycles. The van der Waals surface area contributed by atoms with E-state index in [2.05, 4.69) is 5.32 Å². The minimum absolute atomic E-state index is 0. The van der Waals surface area contributed by atoms with Crippen molar-refractivity contribution in [3.63, 3.8) is 0 Å². The first-order valence-corrected chi connectivity index (χ1v) is 7.83. The first kappa shape index (κ1) is 17.4. The zero-order chi connectivity index (χ0) is 13.7. The van der Waals surface area contributed by atoms with Crippen molar-refractivity contribution >= 4 is 29.7 Å². The van der Waals surface area contributed by atoms with Gasteiger partial charge in [0.15, 0.2) is 0 Å². The van der Waals surface area contributed by atoms with E-state index in [1.165, 1.54) is 12.8 Å². The summed E-state index contributed by atoms with van der Waals surface area (Å²) in [6.45, 7) is 0.275. The largest absolute Gasteiger partial charge is 0.387 e. The maximum atomic E-state index is 11.9. The van der Waals surface area contributed by atoms with Crippen LogP contribution in [-0.2, 0) is 4.79 Å². The Morgan fingerprint density at radius 1 is 1.50 bits per heavy atom. The zero-order valence-electron chi connectivity index (χ0n) is 11.5. The second-order valence-electron chi connectivity index (χ2n) is 5.29. The fraction of sp³-hybridized carbons (Fsp3) is 0.643. The molecule has 1 heterocycles. The van der Waals surface area contributed by atoms with Crippen molar-refractivity contribution in [1.82, 2.24) is 5.32 Å². The van der Waals surface area contributed by atoms with Crippen LogP contribution in [0, 0.1) is 5.92 Å². The van der Waals surface area contributed by atoms with E-state index < -0.39 is 6.10 Å². The van der Waals surface area contributed by atoms with E-state index in [-0.39, 0.29) is 30.9 Å². The number of aliphatic hydroxyl groups is 1. The van der Waals surface area contributed by atoms with Gasteiger partial charge in [-0.15, -0.1) is 12.4 Å². The molecule has 0 saturated heterocycles. The van der Waals surface area contributed by atoms with Crippen LogP contribution in [-0.4, -0.2) is 23.6 Å². The Kier molecular flexibility index (Phi) is 7.51. The molecule has 3 atom stereocenters. The normalized spacial score (nSPS) is 23.7. The molecular weight excluding hydrogens is 296 g/mol. The lowest BCUT2D eigenvalue weighted by atomic mass is 9.83. The van der Waals surface area contributed by atoms with Gasteiger partial charge in [0.1, 0.15) is 0 Å². The van der Waals surface area contributed by atoms with Gasteiger partial charge in [-0.2, -0.15) is 11.3 Å². The lowest BCUT2D eigenvalue weighted by Crippen LogP contribution is -2.37. The number of amides is 1. The minimum atomic E-state index is -0.616. The van der Waals surface area contributed by atoms with Crippen molar-refractivity contribution in [1.29, 1.82) is 0 Å². The second-order valence-corrected chi connectivity index (χ2v) is 6.07. The fourth-order valence-electron chi connectivity index (χ4n) is 2.59. The molecule has 1 fully saturated rings. The third-order valence-corrected chi connectivity index (χ3v) is 4.54. The van der Waals surface area contributed by atoms with Crippen molar-refractivity contribution in [3.8, 4) is 0 Å². The Hall–Kier alpha value is -0.620. The van der Waals surface area contributed by atoms with Crippen LogP contribution in [0.25, 0.3) is 0 Å². The predicted octanol–water partition coefficient (Wildman–Crippen LogP) is 2.23. The summed E-state index contributed by atoms with van der Waals surface area (Å²) in [4.78, 5) is 11.9. The summed E-state index contributed by atoms with van der Waals surface area (Å²) < 4.78 is 0. The quantitative estimate of drug-likeness (QED) is 0.779. The molecule has 0 spiro atoms. The third kappa shape index (κ3) is 5.05. The van der Waals surface area contributed by atoms with E-state index >= 15 is 0 Å². The SMILES string of the molecule is Cl.NC1CCCCC1CC(=O)NCC(O)c1ccsc1. The number of hydrogen-bond donors (Lipinski definition) is 3. The van der Waals surface area contributed by atoms with Crippen molar-refractivity contribution in [2.45, 2.75) is 44.2 Å². The molecule has 4 N–H and O–H groups in total. The highest BCUT2D eigenvalue weighted by atomic mass is 35.5. The van der Waals surface area contributed by atoms with Gasteiger partial charge < -0.3 is 16.2 Å². The molecule has 4 nitrogen and oxygen atoms in total. The monoisotopic (exact) mass is 318 g/mol. The molecule has 3 unspecified atom stereocenters. The van der Waals surface area contributed by atoms with E-state index in [4.69, 9.17) is 5.73 Å². The smallest absolute Gasteiger partial charge is 0.220 e. The molecule has 20 heavy (non-hydrogen) atoms. The Balaban J connectivity index is 0.00000200. The number of thiophene rings is 1. The number of carbonyl (C=O) groups excluding carboxylic acids is 1. The van der Waals surface area contributed by atoms with Gasteiger partial charge in [-0.1, -0.05) is 12.8 Å². The first-order valence-electron chi connectivity index (χ1n) is 6.89. The summed E-state index contributed by atoms with van der Waals surface area (Å²) in [5, 5.41) is 16.5. The van der Waals surface area contributed by atoms with Crippen LogP contribution >= 0.6 is 23.7 Å². The Labute approximate surface area is 130 Å². The number of rotatable bonds is 5. The van der Waals surface area contributed by atoms with Crippen molar-refractivity contribution in [2.24, 2.45) is 11.7 Å². The zero-order valence-corrected chi connectivity index (χ0v) is 13.1. The van der Waals surface area contributed by atoms with Gasteiger partial charge in [-0.05, 0) is 41.1 Å². The van der Waals surface area contributed by atoms with Crippen LogP contribution in [0.3, 0.4) is 0 Å². The molecular formula is C14H23ClN2O2S. The summed E-state index contributed by atoms with van der Waals surface area (Å²) >= 11 is 1.54. The van der Waals surface area contributed by atoms with Crippen LogP contribution < -0.4 is 11.1 Å². The van der Waals surface area contributed by atoms with E-state index in [0.29, 0.717) is 12.3 Å². The highest BCUT2D eigenvalue weighted by Gasteiger charge is 2.24. The predicted molar refractivity (Wildman–Crippen MR) is 84.1 cm³/mol. The molecule has 1 amide bonds. The second kappa shape index (κ2) is 8.62. The van der Waals surface area contributed by atoms with Crippen LogP contribution in [0.4, 0.5) is 0 Å². The number of hydrogen-bond acceptors (Lipinski definition) is 4. The van der Waals surface area contributed by atoms with E-state index in [1.54, 1.807) is 11.3 Å². The molecule has 6 heteroatoms. The van der Waals surface area contributed by atoms with E-state index in [9.17, 15) is 9.90 Å². The van der Waals surface area contributed by atoms with Crippen LogP contribution in [0.5, 0.6) is 0 Å². The lowest BCUT2D eigenvalue weighted by molar-refractivity contribution is -0.122. The van der Waals surface area contributed by atoms with Gasteiger partial charge in [-0.3, -0.25) is 4.79 Å². The third-order valence-electron chi connectivity index (χ3n) is 3.84. The molecule has 114 valence electrons. The lowest BCUT2D eigenvalue weighted by Gasteiger charge is -2.28. The Morgan fingerprint density at radius 2 is 2.25 bits per heavy atom. The van der Waals surface area contributed by atoms with Crippen molar-refractivity contribution in [3.05, 3.63) is 22.4 Å². The van der Waals surface area contributed by atoms with Gasteiger partial charge in [0, 0.05) is 19.0 Å². The molecule has 0 radical (unpaired) electrons. The van der Waals surface area contributed by atoms with Gasteiger partial charge in [0.25, 0.3) is 0 Å². The number of carbonyl (C=O) groups is 1. The van der Waals surface area contributed by atoms with E-state index in [1.807, 2.05) is 16.8 Å². The molecule has 2 rings (SSSR count). The topological polar surface area (TPSA) is 75.4 Å². The van der Waals surface area contributed by atoms with Crippen molar-refractivity contribution < 1.29 is 9.90 Å². The van der Waals surface area contributed by atoms with Gasteiger partial charge in [0.2, 0.25) is 5.91 Å². The summed E-state index contributed by atoms with van der Waals surface area (Å²) in [6.07, 6.45) is 4.28. The summed E-state index contributed by atoms with van der Waals surface area (Å²) in [5.74, 6) is 0.295. The molecule has 1 aromatic heterocycles. The van der Waals surface area contributed by atoms with Gasteiger partial charge in [0.05, 0.1) is 6.10 Å². The number of halogens is 1.